The minimum atomic E-state index is 0.831. The maximum absolute atomic E-state index is 2.51. The zero-order valence-corrected chi connectivity index (χ0v) is 14.7. The van der Waals surface area contributed by atoms with E-state index in [1.54, 1.807) is 0 Å². The van der Waals surface area contributed by atoms with Crippen molar-refractivity contribution in [3.05, 3.63) is 0 Å². The number of hydrogen-bond acceptors (Lipinski definition) is 0. The molecule has 0 heteroatoms. The summed E-state index contributed by atoms with van der Waals surface area (Å²) in [5.74, 6) is 7.27. The van der Waals surface area contributed by atoms with E-state index in [2.05, 4.69) is 55.4 Å². The highest BCUT2D eigenvalue weighted by atomic mass is 14.5. The molecule has 0 aromatic rings. The fourth-order valence-corrected chi connectivity index (χ4v) is 4.48. The second-order valence-corrected chi connectivity index (χ2v) is 8.22. The van der Waals surface area contributed by atoms with E-state index in [-0.39, 0.29) is 0 Å². The topological polar surface area (TPSA) is 0 Å². The maximum atomic E-state index is 2.51. The van der Waals surface area contributed by atoms with Gasteiger partial charge in [-0.2, -0.15) is 0 Å². The molecule has 0 aliphatic heterocycles. The van der Waals surface area contributed by atoms with Crippen molar-refractivity contribution in [3.8, 4) is 0 Å². The highest BCUT2D eigenvalue weighted by Crippen LogP contribution is 2.49. The summed E-state index contributed by atoms with van der Waals surface area (Å²) in [6.45, 7) is 19.5. The van der Waals surface area contributed by atoms with Crippen LogP contribution in [0.15, 0.2) is 0 Å². The lowest BCUT2D eigenvalue weighted by Gasteiger charge is -2.48. The Kier molecular flexibility index (Phi) is 6.40. The van der Waals surface area contributed by atoms with Gasteiger partial charge in [0.1, 0.15) is 0 Å². The summed E-state index contributed by atoms with van der Waals surface area (Å²) in [6.07, 6.45) is 4.35. The maximum Gasteiger partial charge on any atom is -0.0352 e. The van der Waals surface area contributed by atoms with Crippen LogP contribution >= 0.6 is 0 Å². The van der Waals surface area contributed by atoms with E-state index < -0.39 is 0 Å². The predicted molar refractivity (Wildman–Crippen MR) is 87.2 cm³/mol. The van der Waals surface area contributed by atoms with Gasteiger partial charge < -0.3 is 0 Å². The molecular formula is C19H38. The number of hydrogen-bond donors (Lipinski definition) is 0. The molecule has 0 bridgehead atoms. The molecule has 0 radical (unpaired) electrons. The van der Waals surface area contributed by atoms with E-state index >= 15 is 0 Å². The molecule has 1 fully saturated rings. The summed E-state index contributed by atoms with van der Waals surface area (Å²) in [4.78, 5) is 0. The van der Waals surface area contributed by atoms with Crippen molar-refractivity contribution in [1.29, 1.82) is 0 Å². The largest absolute Gasteiger partial charge is 0.0651 e. The molecular weight excluding hydrogens is 228 g/mol. The van der Waals surface area contributed by atoms with Crippen LogP contribution in [0, 0.1) is 47.3 Å². The summed E-state index contributed by atoms with van der Waals surface area (Å²) in [7, 11) is 0. The summed E-state index contributed by atoms with van der Waals surface area (Å²) in [5, 5.41) is 0. The molecule has 19 heavy (non-hydrogen) atoms. The molecule has 1 aliphatic carbocycles. The van der Waals surface area contributed by atoms with Crippen LogP contribution < -0.4 is 0 Å². The molecule has 0 aromatic heterocycles. The summed E-state index contributed by atoms with van der Waals surface area (Å²) in [5.41, 5.74) is 0. The van der Waals surface area contributed by atoms with Gasteiger partial charge in [-0.05, 0) is 60.2 Å². The Hall–Kier alpha value is 0. The van der Waals surface area contributed by atoms with E-state index in [0.29, 0.717) is 0 Å². The fourth-order valence-electron chi connectivity index (χ4n) is 4.48. The van der Waals surface area contributed by atoms with E-state index in [0.717, 1.165) is 47.3 Å². The molecule has 0 saturated heterocycles. The van der Waals surface area contributed by atoms with E-state index in [4.69, 9.17) is 0 Å². The van der Waals surface area contributed by atoms with Crippen LogP contribution in [0.5, 0.6) is 0 Å². The molecule has 0 heterocycles. The van der Waals surface area contributed by atoms with Gasteiger partial charge in [0.05, 0.1) is 0 Å². The molecule has 5 unspecified atom stereocenters. The molecule has 0 nitrogen and oxygen atoms in total. The van der Waals surface area contributed by atoms with Gasteiger partial charge in [0.15, 0.2) is 0 Å². The lowest BCUT2D eigenvalue weighted by Crippen LogP contribution is -2.40. The molecule has 1 rings (SSSR count). The average Bonchev–Trinajstić information content (AvgIpc) is 2.35. The van der Waals surface area contributed by atoms with Crippen molar-refractivity contribution in [1.82, 2.24) is 0 Å². The highest BCUT2D eigenvalue weighted by Gasteiger charge is 2.41. The third-order valence-corrected chi connectivity index (χ3v) is 6.25. The van der Waals surface area contributed by atoms with Crippen molar-refractivity contribution in [3.63, 3.8) is 0 Å². The Labute approximate surface area is 122 Å². The third-order valence-electron chi connectivity index (χ3n) is 6.25. The minimum Gasteiger partial charge on any atom is -0.0651 e. The average molecular weight is 267 g/mol. The van der Waals surface area contributed by atoms with Gasteiger partial charge in [-0.15, -0.1) is 0 Å². The van der Waals surface area contributed by atoms with Crippen LogP contribution in [-0.2, 0) is 0 Å². The van der Waals surface area contributed by atoms with Crippen molar-refractivity contribution in [2.75, 3.05) is 0 Å². The molecule has 0 aromatic carbocycles. The Morgan fingerprint density at radius 1 is 0.789 bits per heavy atom. The summed E-state index contributed by atoms with van der Waals surface area (Å²) in [6, 6.07) is 0. The quantitative estimate of drug-likeness (QED) is 0.551. The van der Waals surface area contributed by atoms with Crippen molar-refractivity contribution in [2.45, 2.75) is 74.7 Å². The first-order valence-corrected chi connectivity index (χ1v) is 8.79. The van der Waals surface area contributed by atoms with E-state index in [1.807, 2.05) is 0 Å². The van der Waals surface area contributed by atoms with Gasteiger partial charge in [-0.25, -0.2) is 0 Å². The first-order chi connectivity index (χ1) is 8.79. The van der Waals surface area contributed by atoms with Crippen LogP contribution in [0.2, 0.25) is 0 Å². The Morgan fingerprint density at radius 3 is 1.68 bits per heavy atom. The second kappa shape index (κ2) is 7.14. The SMILES string of the molecule is CCC1C(C(C)C)CC(C(C)C)CC1C(C)C(C)C. The van der Waals surface area contributed by atoms with Crippen molar-refractivity contribution >= 4 is 0 Å². The first-order valence-electron chi connectivity index (χ1n) is 8.79. The van der Waals surface area contributed by atoms with Gasteiger partial charge in [0.25, 0.3) is 0 Å². The van der Waals surface area contributed by atoms with Crippen LogP contribution in [0.1, 0.15) is 74.7 Å². The van der Waals surface area contributed by atoms with Crippen LogP contribution in [0.4, 0.5) is 0 Å². The lowest BCUT2D eigenvalue weighted by molar-refractivity contribution is 0.0135. The van der Waals surface area contributed by atoms with Crippen LogP contribution in [0.3, 0.4) is 0 Å². The van der Waals surface area contributed by atoms with Gasteiger partial charge in [-0.3, -0.25) is 0 Å². The first kappa shape index (κ1) is 17.1. The predicted octanol–water partition coefficient (Wildman–Crippen LogP) is 6.26. The molecule has 0 N–H and O–H groups in total. The van der Waals surface area contributed by atoms with Gasteiger partial charge >= 0.3 is 0 Å². The summed E-state index contributed by atoms with van der Waals surface area (Å²) >= 11 is 0. The zero-order chi connectivity index (χ0) is 14.7. The monoisotopic (exact) mass is 266 g/mol. The van der Waals surface area contributed by atoms with Gasteiger partial charge in [-0.1, -0.05) is 61.8 Å². The second-order valence-electron chi connectivity index (χ2n) is 8.22. The normalized spacial score (nSPS) is 34.3. The standard InChI is InChI=1S/C19H38/c1-9-17-18(14(6)7)10-16(13(4)5)11-19(17)15(8)12(2)3/h12-19H,9-11H2,1-8H3. The molecule has 114 valence electrons. The Morgan fingerprint density at radius 2 is 1.32 bits per heavy atom. The number of rotatable bonds is 5. The van der Waals surface area contributed by atoms with Crippen LogP contribution in [0.25, 0.3) is 0 Å². The van der Waals surface area contributed by atoms with Crippen molar-refractivity contribution in [2.24, 2.45) is 47.3 Å². The minimum absolute atomic E-state index is 0.831. The third kappa shape index (κ3) is 3.99. The molecule has 1 aliphatic rings. The smallest absolute Gasteiger partial charge is 0.0352 e. The Balaban J connectivity index is 2.96. The summed E-state index contributed by atoms with van der Waals surface area (Å²) < 4.78 is 0. The molecule has 0 amide bonds. The zero-order valence-electron chi connectivity index (χ0n) is 14.7. The fraction of sp³-hybridized carbons (Fsp3) is 1.00. The van der Waals surface area contributed by atoms with E-state index in [1.165, 1.54) is 19.3 Å². The highest BCUT2D eigenvalue weighted by molar-refractivity contribution is 4.90. The molecule has 5 atom stereocenters. The van der Waals surface area contributed by atoms with Gasteiger partial charge in [0, 0.05) is 0 Å². The van der Waals surface area contributed by atoms with Gasteiger partial charge in [0.2, 0.25) is 0 Å². The van der Waals surface area contributed by atoms with Crippen molar-refractivity contribution < 1.29 is 0 Å². The molecule has 0 spiro atoms. The lowest BCUT2D eigenvalue weighted by atomic mass is 9.57. The van der Waals surface area contributed by atoms with Crippen LogP contribution in [-0.4, -0.2) is 0 Å². The molecule has 1 saturated carbocycles. The van der Waals surface area contributed by atoms with E-state index in [9.17, 15) is 0 Å². The Bertz CT molecular complexity index is 251.